The lowest BCUT2D eigenvalue weighted by atomic mass is 10.1. The molecule has 0 atom stereocenters. The Morgan fingerprint density at radius 3 is 2.79 bits per heavy atom. The van der Waals surface area contributed by atoms with Gasteiger partial charge in [0.1, 0.15) is 10.8 Å². The Kier molecular flexibility index (Phi) is 4.26. The van der Waals surface area contributed by atoms with Gasteiger partial charge in [-0.2, -0.15) is 5.10 Å². The molecule has 3 N–H and O–H groups in total. The fourth-order valence-electron chi connectivity index (χ4n) is 3.36. The average Bonchev–Trinajstić information content (AvgIpc) is 3.36. The van der Waals surface area contributed by atoms with Gasteiger partial charge in [0.25, 0.3) is 5.91 Å². The van der Waals surface area contributed by atoms with Crippen LogP contribution in [0.3, 0.4) is 0 Å². The van der Waals surface area contributed by atoms with Crippen molar-refractivity contribution in [2.75, 3.05) is 0 Å². The molecule has 5 rings (SSSR count). The second-order valence-electron chi connectivity index (χ2n) is 6.77. The van der Waals surface area contributed by atoms with E-state index in [9.17, 15) is 4.79 Å². The molecule has 0 aliphatic carbocycles. The van der Waals surface area contributed by atoms with Crippen LogP contribution in [0.4, 0.5) is 0 Å². The molecule has 3 heterocycles. The monoisotopic (exact) mass is 401 g/mol. The molecule has 2 aromatic carbocycles. The number of hydrogen-bond donors (Lipinski definition) is 3. The predicted octanol–water partition coefficient (Wildman–Crippen LogP) is 4.69. The Morgan fingerprint density at radius 1 is 1.03 bits per heavy atom. The number of amides is 1. The lowest BCUT2D eigenvalue weighted by Crippen LogP contribution is -2.22. The zero-order chi connectivity index (χ0) is 19.8. The number of halogens is 1. The molecule has 29 heavy (non-hydrogen) atoms. The van der Waals surface area contributed by atoms with Crippen LogP contribution in [0.2, 0.25) is 5.15 Å². The smallest absolute Gasteiger partial charge is 0.251 e. The van der Waals surface area contributed by atoms with Gasteiger partial charge in [0.05, 0.1) is 11.2 Å². The highest BCUT2D eigenvalue weighted by molar-refractivity contribution is 6.29. The number of carbonyl (C=O) groups is 1. The van der Waals surface area contributed by atoms with Gasteiger partial charge in [0, 0.05) is 34.6 Å². The molecule has 0 spiro atoms. The van der Waals surface area contributed by atoms with Gasteiger partial charge in [0.2, 0.25) is 0 Å². The first-order valence-corrected chi connectivity index (χ1v) is 9.50. The Bertz CT molecular complexity index is 1340. The highest BCUT2D eigenvalue weighted by Crippen LogP contribution is 2.28. The van der Waals surface area contributed by atoms with E-state index in [2.05, 4.69) is 25.5 Å². The maximum Gasteiger partial charge on any atom is 0.251 e. The summed E-state index contributed by atoms with van der Waals surface area (Å²) in [7, 11) is 0. The number of rotatable bonds is 4. The minimum absolute atomic E-state index is 0.150. The van der Waals surface area contributed by atoms with Crippen molar-refractivity contribution in [3.05, 3.63) is 83.1 Å². The number of carbonyl (C=O) groups excluding carboxylic acids is 1. The van der Waals surface area contributed by atoms with E-state index in [1.54, 1.807) is 12.3 Å². The number of fused-ring (bicyclic) bond motifs is 2. The number of hydrogen-bond acceptors (Lipinski definition) is 3. The molecular weight excluding hydrogens is 386 g/mol. The van der Waals surface area contributed by atoms with Gasteiger partial charge >= 0.3 is 0 Å². The molecule has 142 valence electrons. The van der Waals surface area contributed by atoms with Crippen molar-refractivity contribution in [3.8, 4) is 11.4 Å². The molecule has 0 aliphatic heterocycles. The minimum Gasteiger partial charge on any atom is -0.353 e. The van der Waals surface area contributed by atoms with Gasteiger partial charge < -0.3 is 10.3 Å². The number of nitrogens with zero attached hydrogens (tertiary/aromatic N) is 2. The standard InChI is InChI=1S/C22H16ClN5O/c23-20-8-5-13(11-24-20)12-25-22(29)15-7-6-14-9-19(26-18(14)10-15)21-16-3-1-2-4-17(16)27-28-21/h1-11,26H,12H2,(H,25,29)(H,27,28). The van der Waals surface area contributed by atoms with Crippen molar-refractivity contribution in [3.63, 3.8) is 0 Å². The first-order valence-electron chi connectivity index (χ1n) is 9.12. The van der Waals surface area contributed by atoms with Crippen LogP contribution in [0.15, 0.2) is 66.9 Å². The van der Waals surface area contributed by atoms with E-state index < -0.39 is 0 Å². The number of para-hydroxylation sites is 1. The summed E-state index contributed by atoms with van der Waals surface area (Å²) >= 11 is 5.79. The van der Waals surface area contributed by atoms with Gasteiger partial charge in [-0.15, -0.1) is 0 Å². The van der Waals surface area contributed by atoms with E-state index in [0.29, 0.717) is 17.3 Å². The van der Waals surface area contributed by atoms with E-state index in [0.717, 1.165) is 38.8 Å². The van der Waals surface area contributed by atoms with Gasteiger partial charge in [0.15, 0.2) is 0 Å². The average molecular weight is 402 g/mol. The van der Waals surface area contributed by atoms with Crippen LogP contribution in [0.25, 0.3) is 33.2 Å². The summed E-state index contributed by atoms with van der Waals surface area (Å²) in [5, 5.41) is 12.9. The SMILES string of the molecule is O=C(NCc1ccc(Cl)nc1)c1ccc2cc(-c3n[nH]c4ccccc34)[nH]c2c1. The summed E-state index contributed by atoms with van der Waals surface area (Å²) in [5.41, 5.74) is 5.10. The van der Waals surface area contributed by atoms with Gasteiger partial charge in [-0.1, -0.05) is 41.9 Å². The number of H-pyrrole nitrogens is 2. The van der Waals surface area contributed by atoms with Gasteiger partial charge in [-0.05, 0) is 35.9 Å². The maximum atomic E-state index is 12.6. The molecule has 0 aliphatic rings. The second-order valence-corrected chi connectivity index (χ2v) is 7.16. The fraction of sp³-hybridized carbons (Fsp3) is 0.0455. The van der Waals surface area contributed by atoms with Crippen molar-refractivity contribution in [1.82, 2.24) is 25.5 Å². The molecule has 6 nitrogen and oxygen atoms in total. The van der Waals surface area contributed by atoms with Crippen molar-refractivity contribution in [2.45, 2.75) is 6.54 Å². The van der Waals surface area contributed by atoms with Crippen LogP contribution in [0, 0.1) is 0 Å². The molecule has 0 bridgehead atoms. The molecule has 5 aromatic rings. The third-order valence-corrected chi connectivity index (χ3v) is 5.08. The summed E-state index contributed by atoms with van der Waals surface area (Å²) in [6.07, 6.45) is 1.65. The Balaban J connectivity index is 1.40. The number of aromatic amines is 2. The lowest BCUT2D eigenvalue weighted by Gasteiger charge is -2.05. The number of benzene rings is 2. The van der Waals surface area contributed by atoms with Gasteiger partial charge in [-0.3, -0.25) is 9.89 Å². The highest BCUT2D eigenvalue weighted by Gasteiger charge is 2.12. The van der Waals surface area contributed by atoms with Crippen LogP contribution in [-0.4, -0.2) is 26.1 Å². The van der Waals surface area contributed by atoms with Crippen LogP contribution in [-0.2, 0) is 6.54 Å². The van der Waals surface area contributed by atoms with E-state index in [1.807, 2.05) is 54.6 Å². The maximum absolute atomic E-state index is 12.6. The largest absolute Gasteiger partial charge is 0.353 e. The Labute approximate surface area is 170 Å². The zero-order valence-electron chi connectivity index (χ0n) is 15.2. The molecule has 0 radical (unpaired) electrons. The van der Waals surface area contributed by atoms with Crippen molar-refractivity contribution >= 4 is 39.3 Å². The Morgan fingerprint density at radius 2 is 1.93 bits per heavy atom. The van der Waals surface area contributed by atoms with E-state index in [4.69, 9.17) is 11.6 Å². The van der Waals surface area contributed by atoms with Crippen molar-refractivity contribution in [2.24, 2.45) is 0 Å². The van der Waals surface area contributed by atoms with E-state index in [1.165, 1.54) is 0 Å². The first-order chi connectivity index (χ1) is 14.2. The molecule has 3 aromatic heterocycles. The lowest BCUT2D eigenvalue weighted by molar-refractivity contribution is 0.0951. The fourth-order valence-corrected chi connectivity index (χ4v) is 3.47. The summed E-state index contributed by atoms with van der Waals surface area (Å²) in [5.74, 6) is -0.150. The van der Waals surface area contributed by atoms with Crippen molar-refractivity contribution in [1.29, 1.82) is 0 Å². The van der Waals surface area contributed by atoms with Crippen LogP contribution in [0.1, 0.15) is 15.9 Å². The molecule has 7 heteroatoms. The molecular formula is C22H16ClN5O. The minimum atomic E-state index is -0.150. The summed E-state index contributed by atoms with van der Waals surface area (Å²) in [6, 6.07) is 19.2. The van der Waals surface area contributed by atoms with Gasteiger partial charge in [-0.25, -0.2) is 4.98 Å². The molecule has 0 unspecified atom stereocenters. The normalized spacial score (nSPS) is 11.2. The summed E-state index contributed by atoms with van der Waals surface area (Å²) in [4.78, 5) is 19.9. The second kappa shape index (κ2) is 7.07. The first kappa shape index (κ1) is 17.5. The molecule has 0 saturated carbocycles. The number of nitrogens with one attached hydrogen (secondary N) is 3. The number of aromatic nitrogens is 4. The molecule has 1 amide bonds. The van der Waals surface area contributed by atoms with Crippen LogP contribution < -0.4 is 5.32 Å². The van der Waals surface area contributed by atoms with E-state index in [-0.39, 0.29) is 5.91 Å². The zero-order valence-corrected chi connectivity index (χ0v) is 16.0. The topological polar surface area (TPSA) is 86.5 Å². The summed E-state index contributed by atoms with van der Waals surface area (Å²) in [6.45, 7) is 0.385. The Hall–Kier alpha value is -3.64. The van der Waals surface area contributed by atoms with E-state index >= 15 is 0 Å². The van der Waals surface area contributed by atoms with Crippen molar-refractivity contribution < 1.29 is 4.79 Å². The molecule has 0 fully saturated rings. The molecule has 0 saturated heterocycles. The quantitative estimate of drug-likeness (QED) is 0.382. The highest BCUT2D eigenvalue weighted by atomic mass is 35.5. The third kappa shape index (κ3) is 3.34. The number of pyridine rings is 1. The summed E-state index contributed by atoms with van der Waals surface area (Å²) < 4.78 is 0. The van der Waals surface area contributed by atoms with Crippen LogP contribution >= 0.6 is 11.6 Å². The van der Waals surface area contributed by atoms with Crippen LogP contribution in [0.5, 0.6) is 0 Å². The third-order valence-electron chi connectivity index (χ3n) is 4.85. The predicted molar refractivity (Wildman–Crippen MR) is 114 cm³/mol.